The Morgan fingerprint density at radius 2 is 2.06 bits per heavy atom. The first-order valence-corrected chi connectivity index (χ1v) is 5.00. The maximum Gasteiger partial charge on any atom is 0.304 e. The van der Waals surface area contributed by atoms with E-state index in [9.17, 15) is 9.18 Å². The Hall–Kier alpha value is -1.58. The molecule has 0 atom stereocenters. The van der Waals surface area contributed by atoms with Gasteiger partial charge >= 0.3 is 5.97 Å². The van der Waals surface area contributed by atoms with Gasteiger partial charge in [0.25, 0.3) is 0 Å². The van der Waals surface area contributed by atoms with E-state index in [0.717, 1.165) is 0 Å². The molecule has 0 unspecified atom stereocenters. The fourth-order valence-electron chi connectivity index (χ4n) is 1.30. The summed E-state index contributed by atoms with van der Waals surface area (Å²) in [5, 5.41) is 8.67. The SMILES string of the molecule is CC(C)(COc1ccccc1F)CC(=O)O. The number of para-hydroxylation sites is 1. The molecule has 0 fully saturated rings. The molecule has 0 aromatic heterocycles. The van der Waals surface area contributed by atoms with E-state index in [4.69, 9.17) is 9.84 Å². The van der Waals surface area contributed by atoms with Gasteiger partial charge in [0.1, 0.15) is 0 Å². The smallest absolute Gasteiger partial charge is 0.304 e. The first-order valence-electron chi connectivity index (χ1n) is 5.00. The van der Waals surface area contributed by atoms with Crippen molar-refractivity contribution in [3.05, 3.63) is 30.1 Å². The number of halogens is 1. The van der Waals surface area contributed by atoms with Crippen LogP contribution < -0.4 is 4.74 Å². The van der Waals surface area contributed by atoms with Crippen LogP contribution in [0.2, 0.25) is 0 Å². The van der Waals surface area contributed by atoms with E-state index in [1.54, 1.807) is 26.0 Å². The van der Waals surface area contributed by atoms with E-state index >= 15 is 0 Å². The number of aliphatic carboxylic acids is 1. The molecule has 3 nitrogen and oxygen atoms in total. The van der Waals surface area contributed by atoms with Gasteiger partial charge in [0.05, 0.1) is 13.0 Å². The first kappa shape index (κ1) is 12.5. The minimum atomic E-state index is -0.887. The quantitative estimate of drug-likeness (QED) is 0.839. The van der Waals surface area contributed by atoms with Crippen molar-refractivity contribution in [2.24, 2.45) is 5.41 Å². The second-order valence-corrected chi connectivity index (χ2v) is 4.45. The van der Waals surface area contributed by atoms with Crippen molar-refractivity contribution in [1.82, 2.24) is 0 Å². The minimum absolute atomic E-state index is 0.0124. The summed E-state index contributed by atoms with van der Waals surface area (Å²) in [5.74, 6) is -1.17. The summed E-state index contributed by atoms with van der Waals surface area (Å²) in [6.45, 7) is 3.70. The normalized spacial score (nSPS) is 11.2. The summed E-state index contributed by atoms with van der Waals surface area (Å²) in [7, 11) is 0. The number of carboxylic acids is 1. The van der Waals surface area contributed by atoms with Gasteiger partial charge in [-0.15, -0.1) is 0 Å². The van der Waals surface area contributed by atoms with Crippen LogP contribution in [-0.2, 0) is 4.79 Å². The molecule has 1 aromatic rings. The molecular formula is C12H15FO3. The van der Waals surface area contributed by atoms with E-state index in [-0.39, 0.29) is 18.8 Å². The molecule has 1 aromatic carbocycles. The van der Waals surface area contributed by atoms with Gasteiger partial charge in [0.2, 0.25) is 0 Å². The van der Waals surface area contributed by atoms with Crippen LogP contribution in [0.5, 0.6) is 5.75 Å². The van der Waals surface area contributed by atoms with E-state index in [1.807, 2.05) is 0 Å². The highest BCUT2D eigenvalue weighted by atomic mass is 19.1. The number of benzene rings is 1. The van der Waals surface area contributed by atoms with Crippen LogP contribution in [0.3, 0.4) is 0 Å². The molecule has 1 rings (SSSR count). The van der Waals surface area contributed by atoms with Crippen LogP contribution >= 0.6 is 0 Å². The second-order valence-electron chi connectivity index (χ2n) is 4.45. The summed E-state index contributed by atoms with van der Waals surface area (Å²) < 4.78 is 18.5. The van der Waals surface area contributed by atoms with Gasteiger partial charge in [-0.05, 0) is 12.1 Å². The number of carbonyl (C=O) groups is 1. The maximum absolute atomic E-state index is 13.2. The molecule has 0 heterocycles. The average molecular weight is 226 g/mol. The van der Waals surface area contributed by atoms with E-state index in [2.05, 4.69) is 0 Å². The standard InChI is InChI=1S/C12H15FO3/c1-12(2,7-11(14)15)8-16-10-6-4-3-5-9(10)13/h3-6H,7-8H2,1-2H3,(H,14,15). The fraction of sp³-hybridized carbons (Fsp3) is 0.417. The monoisotopic (exact) mass is 226 g/mol. The third-order valence-corrected chi connectivity index (χ3v) is 2.08. The molecule has 0 aliphatic rings. The lowest BCUT2D eigenvalue weighted by Crippen LogP contribution is -2.25. The highest BCUT2D eigenvalue weighted by molar-refractivity contribution is 5.67. The van der Waals surface area contributed by atoms with Gasteiger partial charge in [0, 0.05) is 5.41 Å². The number of hydrogen-bond donors (Lipinski definition) is 1. The number of hydrogen-bond acceptors (Lipinski definition) is 2. The van der Waals surface area contributed by atoms with E-state index < -0.39 is 17.2 Å². The van der Waals surface area contributed by atoms with Gasteiger partial charge in [-0.3, -0.25) is 4.79 Å². The topological polar surface area (TPSA) is 46.5 Å². The van der Waals surface area contributed by atoms with Gasteiger partial charge in [-0.25, -0.2) is 4.39 Å². The Morgan fingerprint density at radius 1 is 1.44 bits per heavy atom. The van der Waals surface area contributed by atoms with Crippen LogP contribution in [0, 0.1) is 11.2 Å². The number of carboxylic acid groups (broad SMARTS) is 1. The zero-order valence-corrected chi connectivity index (χ0v) is 9.37. The Morgan fingerprint density at radius 3 is 2.62 bits per heavy atom. The van der Waals surface area contributed by atoms with Crippen molar-refractivity contribution in [3.8, 4) is 5.75 Å². The molecule has 4 heteroatoms. The summed E-state index contributed by atoms with van der Waals surface area (Å²) in [6, 6.07) is 6.07. The van der Waals surface area contributed by atoms with E-state index in [1.165, 1.54) is 12.1 Å². The molecule has 0 radical (unpaired) electrons. The lowest BCUT2D eigenvalue weighted by atomic mass is 9.91. The van der Waals surface area contributed by atoms with Crippen LogP contribution in [0.25, 0.3) is 0 Å². The zero-order chi connectivity index (χ0) is 12.2. The summed E-state index contributed by atoms with van der Waals surface area (Å²) >= 11 is 0. The Kier molecular flexibility index (Phi) is 3.88. The average Bonchev–Trinajstić information content (AvgIpc) is 2.14. The predicted molar refractivity (Wildman–Crippen MR) is 57.9 cm³/mol. The van der Waals surface area contributed by atoms with Gasteiger partial charge < -0.3 is 9.84 Å². The van der Waals surface area contributed by atoms with Crippen LogP contribution in [0.15, 0.2) is 24.3 Å². The summed E-state index contributed by atoms with van der Waals surface area (Å²) in [6.07, 6.45) is -0.0124. The Bertz CT molecular complexity index is 374. The maximum atomic E-state index is 13.2. The van der Waals surface area contributed by atoms with E-state index in [0.29, 0.717) is 0 Å². The fourth-order valence-corrected chi connectivity index (χ4v) is 1.30. The molecule has 1 N–H and O–H groups in total. The third kappa shape index (κ3) is 3.88. The highest BCUT2D eigenvalue weighted by Gasteiger charge is 2.23. The molecule has 88 valence electrons. The largest absolute Gasteiger partial charge is 0.490 e. The summed E-state index contributed by atoms with van der Waals surface area (Å²) in [5.41, 5.74) is -0.520. The molecule has 0 amide bonds. The molecule has 0 saturated heterocycles. The zero-order valence-electron chi connectivity index (χ0n) is 9.37. The minimum Gasteiger partial charge on any atom is -0.490 e. The van der Waals surface area contributed by atoms with Crippen molar-refractivity contribution in [2.45, 2.75) is 20.3 Å². The van der Waals surface area contributed by atoms with Crippen LogP contribution in [0.4, 0.5) is 4.39 Å². The summed E-state index contributed by atoms with van der Waals surface area (Å²) in [4.78, 5) is 10.6. The lowest BCUT2D eigenvalue weighted by molar-refractivity contribution is -0.139. The van der Waals surface area contributed by atoms with Gasteiger partial charge in [-0.2, -0.15) is 0 Å². The van der Waals surface area contributed by atoms with Crippen molar-refractivity contribution in [3.63, 3.8) is 0 Å². The van der Waals surface area contributed by atoms with Crippen molar-refractivity contribution >= 4 is 5.97 Å². The van der Waals surface area contributed by atoms with Gasteiger partial charge in [0.15, 0.2) is 11.6 Å². The number of ether oxygens (including phenoxy) is 1. The first-order chi connectivity index (χ1) is 7.41. The third-order valence-electron chi connectivity index (χ3n) is 2.08. The predicted octanol–water partition coefficient (Wildman–Crippen LogP) is 2.71. The molecule has 0 saturated carbocycles. The molecule has 16 heavy (non-hydrogen) atoms. The van der Waals surface area contributed by atoms with Crippen molar-refractivity contribution in [1.29, 1.82) is 0 Å². The molecule has 0 aliphatic heterocycles. The van der Waals surface area contributed by atoms with Crippen molar-refractivity contribution < 1.29 is 19.0 Å². The molecular weight excluding hydrogens is 211 g/mol. The molecule has 0 bridgehead atoms. The Labute approximate surface area is 93.9 Å². The van der Waals surface area contributed by atoms with Crippen LogP contribution in [0.1, 0.15) is 20.3 Å². The van der Waals surface area contributed by atoms with Crippen LogP contribution in [-0.4, -0.2) is 17.7 Å². The molecule has 0 spiro atoms. The lowest BCUT2D eigenvalue weighted by Gasteiger charge is -2.22. The molecule has 0 aliphatic carbocycles. The van der Waals surface area contributed by atoms with Crippen molar-refractivity contribution in [2.75, 3.05) is 6.61 Å². The second kappa shape index (κ2) is 4.96. The van der Waals surface area contributed by atoms with Gasteiger partial charge in [-0.1, -0.05) is 26.0 Å². The number of rotatable bonds is 5. The highest BCUT2D eigenvalue weighted by Crippen LogP contribution is 2.23. The Balaban J connectivity index is 2.57.